The zero-order chi connectivity index (χ0) is 26.9. The number of unbranched alkanes of at least 4 members (excludes halogenated alkanes) is 9. The van der Waals surface area contributed by atoms with E-state index in [-0.39, 0.29) is 12.5 Å². The van der Waals surface area contributed by atoms with Crippen LogP contribution in [0.3, 0.4) is 0 Å². The average Bonchev–Trinajstić information content (AvgIpc) is 2.92. The number of aliphatic hydroxyl groups excluding tert-OH is 1. The van der Waals surface area contributed by atoms with Gasteiger partial charge in [-0.2, -0.15) is 0 Å². The molecule has 7 heteroatoms. The summed E-state index contributed by atoms with van der Waals surface area (Å²) in [6.07, 6.45) is 12.4. The molecule has 0 aromatic heterocycles. The molecule has 0 fully saturated rings. The van der Waals surface area contributed by atoms with E-state index >= 15 is 0 Å². The second kappa shape index (κ2) is 17.3. The lowest BCUT2D eigenvalue weighted by Gasteiger charge is -2.29. The first-order valence-corrected chi connectivity index (χ1v) is 13.5. The fourth-order valence-electron chi connectivity index (χ4n) is 4.38. The molecule has 3 N–H and O–H groups in total. The van der Waals surface area contributed by atoms with E-state index < -0.39 is 24.5 Å². The second-order valence-electron chi connectivity index (χ2n) is 9.48. The molecule has 0 aliphatic heterocycles. The van der Waals surface area contributed by atoms with Gasteiger partial charge in [0, 0.05) is 18.7 Å². The summed E-state index contributed by atoms with van der Waals surface area (Å²) >= 11 is 0. The van der Waals surface area contributed by atoms with Crippen LogP contribution in [0.15, 0.2) is 54.6 Å². The first kappa shape index (κ1) is 30.0. The number of aliphatic carboxylic acids is 1. The monoisotopic (exact) mass is 510 g/mol. The number of benzene rings is 2. The molecular weight excluding hydrogens is 468 g/mol. The topological polar surface area (TPSA) is 107 Å². The molecule has 2 aromatic carbocycles. The molecule has 0 saturated heterocycles. The molecule has 0 aliphatic carbocycles. The Morgan fingerprint density at radius 1 is 0.811 bits per heavy atom. The van der Waals surface area contributed by atoms with Crippen LogP contribution < -0.4 is 5.32 Å². The third kappa shape index (κ3) is 10.8. The SMILES string of the molecule is CCCCCCCCCCCCNC(=O)c1ccc(CN(C(=O)C(=O)O)C(CO)c2ccccc2)cc1. The van der Waals surface area contributed by atoms with E-state index in [4.69, 9.17) is 0 Å². The molecule has 1 atom stereocenters. The molecular formula is C30H42N2O5. The summed E-state index contributed by atoms with van der Waals surface area (Å²) in [4.78, 5) is 37.5. The van der Waals surface area contributed by atoms with Crippen LogP contribution in [0, 0.1) is 0 Å². The number of carbonyl (C=O) groups excluding carboxylic acids is 2. The molecule has 0 spiro atoms. The number of nitrogens with one attached hydrogen (secondary N) is 1. The normalized spacial score (nSPS) is 11.6. The summed E-state index contributed by atoms with van der Waals surface area (Å²) in [6, 6.07) is 14.8. The second-order valence-corrected chi connectivity index (χ2v) is 9.48. The summed E-state index contributed by atoms with van der Waals surface area (Å²) in [5.41, 5.74) is 1.81. The highest BCUT2D eigenvalue weighted by Gasteiger charge is 2.29. The highest BCUT2D eigenvalue weighted by atomic mass is 16.4. The highest BCUT2D eigenvalue weighted by Crippen LogP contribution is 2.23. The Kier molecular flexibility index (Phi) is 14.0. The molecule has 7 nitrogen and oxygen atoms in total. The van der Waals surface area contributed by atoms with Crippen molar-refractivity contribution in [2.24, 2.45) is 0 Å². The summed E-state index contributed by atoms with van der Waals surface area (Å²) in [6.45, 7) is 2.44. The van der Waals surface area contributed by atoms with Gasteiger partial charge in [-0.1, -0.05) is 107 Å². The van der Waals surface area contributed by atoms with Gasteiger partial charge in [0.05, 0.1) is 12.6 Å². The molecule has 1 unspecified atom stereocenters. The van der Waals surface area contributed by atoms with Crippen molar-refractivity contribution in [1.29, 1.82) is 0 Å². The molecule has 0 saturated carbocycles. The summed E-state index contributed by atoms with van der Waals surface area (Å²) in [5.74, 6) is -2.84. The van der Waals surface area contributed by atoms with Crippen LogP contribution in [-0.2, 0) is 16.1 Å². The van der Waals surface area contributed by atoms with Gasteiger partial charge in [-0.15, -0.1) is 0 Å². The number of carbonyl (C=O) groups is 3. The number of hydrogen-bond donors (Lipinski definition) is 3. The minimum atomic E-state index is -1.59. The summed E-state index contributed by atoms with van der Waals surface area (Å²) in [5, 5.41) is 22.2. The zero-order valence-corrected chi connectivity index (χ0v) is 22.0. The predicted octanol–water partition coefficient (Wildman–Crippen LogP) is 5.48. The highest BCUT2D eigenvalue weighted by molar-refractivity contribution is 6.31. The predicted molar refractivity (Wildman–Crippen MR) is 145 cm³/mol. The van der Waals surface area contributed by atoms with Gasteiger partial charge >= 0.3 is 11.9 Å². The first-order valence-electron chi connectivity index (χ1n) is 13.5. The molecule has 202 valence electrons. The van der Waals surface area contributed by atoms with Gasteiger partial charge in [-0.05, 0) is 29.7 Å². The van der Waals surface area contributed by atoms with Crippen LogP contribution in [-0.4, -0.2) is 46.0 Å². The number of aliphatic hydroxyl groups is 1. The van der Waals surface area contributed by atoms with Gasteiger partial charge in [0.25, 0.3) is 5.91 Å². The summed E-state index contributed by atoms with van der Waals surface area (Å²) < 4.78 is 0. The summed E-state index contributed by atoms with van der Waals surface area (Å²) in [7, 11) is 0. The maximum Gasteiger partial charge on any atom is 0.394 e. The number of hydrogen-bond acceptors (Lipinski definition) is 4. The smallest absolute Gasteiger partial charge is 0.394 e. The third-order valence-electron chi connectivity index (χ3n) is 6.56. The lowest BCUT2D eigenvalue weighted by atomic mass is 10.0. The van der Waals surface area contributed by atoms with Crippen molar-refractivity contribution in [1.82, 2.24) is 10.2 Å². The minimum absolute atomic E-state index is 0.00818. The number of rotatable bonds is 17. The molecule has 2 rings (SSSR count). The number of amides is 2. The molecule has 2 amide bonds. The molecule has 0 bridgehead atoms. The standard InChI is InChI=1S/C30H42N2O5/c1-2-3-4-5-6-7-8-9-10-14-21-31-28(34)26-19-17-24(18-20-26)22-32(29(35)30(36)37)27(23-33)25-15-12-11-13-16-25/h11-13,15-20,27,33H,2-10,14,21-23H2,1H3,(H,31,34)(H,36,37). The van der Waals surface area contributed by atoms with Gasteiger partial charge in [-0.3, -0.25) is 9.59 Å². The van der Waals surface area contributed by atoms with Crippen molar-refractivity contribution in [3.63, 3.8) is 0 Å². The molecule has 0 heterocycles. The van der Waals surface area contributed by atoms with Gasteiger partial charge < -0.3 is 20.4 Å². The van der Waals surface area contributed by atoms with Gasteiger partial charge in [0.2, 0.25) is 0 Å². The van der Waals surface area contributed by atoms with Crippen molar-refractivity contribution in [3.05, 3.63) is 71.3 Å². The zero-order valence-electron chi connectivity index (χ0n) is 22.0. The van der Waals surface area contributed by atoms with E-state index in [9.17, 15) is 24.6 Å². The van der Waals surface area contributed by atoms with Crippen molar-refractivity contribution in [2.75, 3.05) is 13.2 Å². The van der Waals surface area contributed by atoms with E-state index in [1.807, 2.05) is 6.07 Å². The Morgan fingerprint density at radius 3 is 1.92 bits per heavy atom. The maximum absolute atomic E-state index is 12.5. The van der Waals surface area contributed by atoms with Crippen LogP contribution in [0.1, 0.15) is 98.7 Å². The number of nitrogens with zero attached hydrogens (tertiary/aromatic N) is 1. The van der Waals surface area contributed by atoms with E-state index in [1.54, 1.807) is 48.5 Å². The third-order valence-corrected chi connectivity index (χ3v) is 6.56. The Hall–Kier alpha value is -3.19. The Bertz CT molecular complexity index is 946. The Morgan fingerprint density at radius 2 is 1.38 bits per heavy atom. The van der Waals surface area contributed by atoms with Crippen LogP contribution in [0.5, 0.6) is 0 Å². The van der Waals surface area contributed by atoms with Crippen LogP contribution in [0.2, 0.25) is 0 Å². The first-order chi connectivity index (χ1) is 18.0. The van der Waals surface area contributed by atoms with E-state index in [0.717, 1.165) is 17.7 Å². The molecule has 0 radical (unpaired) electrons. The Labute approximate surface area is 220 Å². The number of carboxylic acid groups (broad SMARTS) is 1. The van der Waals surface area contributed by atoms with Crippen LogP contribution >= 0.6 is 0 Å². The van der Waals surface area contributed by atoms with Crippen molar-refractivity contribution in [2.45, 2.75) is 83.7 Å². The van der Waals surface area contributed by atoms with Gasteiger partial charge in [0.15, 0.2) is 0 Å². The van der Waals surface area contributed by atoms with Crippen molar-refractivity contribution in [3.8, 4) is 0 Å². The van der Waals surface area contributed by atoms with E-state index in [1.165, 1.54) is 51.4 Å². The molecule has 37 heavy (non-hydrogen) atoms. The van der Waals surface area contributed by atoms with Gasteiger partial charge in [-0.25, -0.2) is 4.79 Å². The van der Waals surface area contributed by atoms with E-state index in [0.29, 0.717) is 23.2 Å². The van der Waals surface area contributed by atoms with Crippen molar-refractivity contribution >= 4 is 17.8 Å². The fraction of sp³-hybridized carbons (Fsp3) is 0.500. The largest absolute Gasteiger partial charge is 0.474 e. The average molecular weight is 511 g/mol. The Balaban J connectivity index is 1.82. The quantitative estimate of drug-likeness (QED) is 0.193. The molecule has 2 aromatic rings. The fourth-order valence-corrected chi connectivity index (χ4v) is 4.38. The van der Waals surface area contributed by atoms with Crippen molar-refractivity contribution < 1.29 is 24.6 Å². The lowest BCUT2D eigenvalue weighted by Crippen LogP contribution is -2.40. The van der Waals surface area contributed by atoms with Crippen LogP contribution in [0.25, 0.3) is 0 Å². The minimum Gasteiger partial charge on any atom is -0.474 e. The van der Waals surface area contributed by atoms with E-state index in [2.05, 4.69) is 12.2 Å². The maximum atomic E-state index is 12.5. The molecule has 0 aliphatic rings. The van der Waals surface area contributed by atoms with Gasteiger partial charge in [0.1, 0.15) is 0 Å². The lowest BCUT2D eigenvalue weighted by molar-refractivity contribution is -0.158. The number of carboxylic acids is 1. The van der Waals surface area contributed by atoms with Crippen LogP contribution in [0.4, 0.5) is 0 Å².